The highest BCUT2D eigenvalue weighted by atomic mass is 35.5. The summed E-state index contributed by atoms with van der Waals surface area (Å²) in [6.07, 6.45) is 2.65. The summed E-state index contributed by atoms with van der Waals surface area (Å²) in [7, 11) is 0. The van der Waals surface area contributed by atoms with Crippen LogP contribution < -0.4 is 0 Å². The molecule has 0 aromatic heterocycles. The minimum atomic E-state index is -0.777. The molecule has 1 aliphatic carbocycles. The van der Waals surface area contributed by atoms with Crippen LogP contribution in [0.5, 0.6) is 0 Å². The molecule has 1 unspecified atom stereocenters. The van der Waals surface area contributed by atoms with Crippen LogP contribution in [0.15, 0.2) is 30.3 Å². The van der Waals surface area contributed by atoms with Gasteiger partial charge in [-0.05, 0) is 31.2 Å². The Labute approximate surface area is 129 Å². The molecule has 1 aromatic rings. The van der Waals surface area contributed by atoms with Crippen molar-refractivity contribution in [3.05, 3.63) is 35.9 Å². The number of benzene rings is 1. The van der Waals surface area contributed by atoms with E-state index in [-0.39, 0.29) is 17.8 Å². The van der Waals surface area contributed by atoms with Crippen molar-refractivity contribution in [1.82, 2.24) is 0 Å². The second kappa shape index (κ2) is 7.46. The smallest absolute Gasteiger partial charge is 0.310 e. The van der Waals surface area contributed by atoms with E-state index in [2.05, 4.69) is 0 Å². The Kier molecular flexibility index (Phi) is 5.62. The summed E-state index contributed by atoms with van der Waals surface area (Å²) in [5.74, 6) is -1.64. The van der Waals surface area contributed by atoms with Crippen LogP contribution in [-0.4, -0.2) is 22.6 Å². The third kappa shape index (κ3) is 4.74. The Hall–Kier alpha value is -1.55. The molecule has 0 heterocycles. The lowest BCUT2D eigenvalue weighted by Gasteiger charge is -2.25. The van der Waals surface area contributed by atoms with Crippen LogP contribution in [-0.2, 0) is 20.7 Å². The highest BCUT2D eigenvalue weighted by molar-refractivity contribution is 6.20. The van der Waals surface area contributed by atoms with Gasteiger partial charge in [0.15, 0.2) is 5.56 Å². The van der Waals surface area contributed by atoms with Gasteiger partial charge in [0.1, 0.15) is 0 Å². The number of esters is 1. The lowest BCUT2D eigenvalue weighted by atomic mass is 9.82. The molecule has 114 valence electrons. The zero-order valence-corrected chi connectivity index (χ0v) is 12.5. The van der Waals surface area contributed by atoms with Gasteiger partial charge in [-0.25, -0.2) is 0 Å². The van der Waals surface area contributed by atoms with Crippen molar-refractivity contribution < 1.29 is 19.4 Å². The number of ether oxygens (including phenoxy) is 1. The maximum Gasteiger partial charge on any atom is 0.310 e. The van der Waals surface area contributed by atoms with Crippen molar-refractivity contribution in [2.45, 2.75) is 37.7 Å². The second-order valence-electron chi connectivity index (χ2n) is 5.42. The summed E-state index contributed by atoms with van der Waals surface area (Å²) in [5.41, 5.74) is 0.331. The molecule has 21 heavy (non-hydrogen) atoms. The molecule has 0 radical (unpaired) electrons. The molecule has 0 bridgehead atoms. The van der Waals surface area contributed by atoms with E-state index < -0.39 is 11.5 Å². The van der Waals surface area contributed by atoms with Gasteiger partial charge >= 0.3 is 11.9 Å². The zero-order valence-electron chi connectivity index (χ0n) is 11.7. The Morgan fingerprint density at radius 2 is 1.71 bits per heavy atom. The van der Waals surface area contributed by atoms with Gasteiger partial charge in [-0.15, -0.1) is 0 Å². The summed E-state index contributed by atoms with van der Waals surface area (Å²) in [6.45, 7) is 0. The maximum absolute atomic E-state index is 12.0. The number of carboxylic acid groups (broad SMARTS) is 1. The normalized spacial score (nSPS) is 23.3. The van der Waals surface area contributed by atoms with E-state index in [0.717, 1.165) is 5.56 Å². The fraction of sp³-hybridized carbons (Fsp3) is 0.500. The number of alkyl halides is 1. The largest absolute Gasteiger partial charge is 0.481 e. The van der Waals surface area contributed by atoms with Crippen molar-refractivity contribution in [1.29, 1.82) is 0 Å². The molecule has 1 fully saturated rings. The fourth-order valence-corrected chi connectivity index (χ4v) is 2.91. The molecule has 5 heteroatoms. The van der Waals surface area contributed by atoms with Gasteiger partial charge in [0.05, 0.1) is 11.8 Å². The zero-order chi connectivity index (χ0) is 15.2. The van der Waals surface area contributed by atoms with Crippen LogP contribution in [0.1, 0.15) is 31.2 Å². The molecular weight excluding hydrogens is 292 g/mol. The number of halogens is 1. The Morgan fingerprint density at radius 1 is 1.14 bits per heavy atom. The quantitative estimate of drug-likeness (QED) is 0.670. The molecule has 2 rings (SSSR count). The van der Waals surface area contributed by atoms with Crippen LogP contribution in [0.25, 0.3) is 0 Å². The standard InChI is InChI=1S/C16H19ClO4/c17-14(10-11-4-2-1-3-5-11)21-16(20)13-8-6-12(7-9-13)15(18)19/h1-5,12-14H,6-10H2,(H,18,19). The topological polar surface area (TPSA) is 63.6 Å². The molecular formula is C16H19ClO4. The van der Waals surface area contributed by atoms with Crippen LogP contribution in [0.4, 0.5) is 0 Å². The second-order valence-corrected chi connectivity index (χ2v) is 5.91. The molecule has 1 N–H and O–H groups in total. The number of rotatable bonds is 5. The predicted molar refractivity (Wildman–Crippen MR) is 79.0 cm³/mol. The fourth-order valence-electron chi connectivity index (χ4n) is 2.64. The molecule has 0 aliphatic heterocycles. The van der Waals surface area contributed by atoms with E-state index in [1.54, 1.807) is 0 Å². The minimum absolute atomic E-state index is 0.224. The van der Waals surface area contributed by atoms with Crippen molar-refractivity contribution in [2.75, 3.05) is 0 Å². The average Bonchev–Trinajstić information content (AvgIpc) is 2.48. The monoisotopic (exact) mass is 310 g/mol. The number of aliphatic carboxylic acids is 1. The van der Waals surface area contributed by atoms with Crippen LogP contribution in [0.2, 0.25) is 0 Å². The average molecular weight is 311 g/mol. The highest BCUT2D eigenvalue weighted by Gasteiger charge is 2.31. The maximum atomic E-state index is 12.0. The van der Waals surface area contributed by atoms with Gasteiger partial charge in [-0.2, -0.15) is 0 Å². The predicted octanol–water partition coefficient (Wildman–Crippen LogP) is 3.23. The van der Waals surface area contributed by atoms with Gasteiger partial charge in [-0.3, -0.25) is 9.59 Å². The first-order chi connectivity index (χ1) is 10.1. The number of carboxylic acids is 1. The highest BCUT2D eigenvalue weighted by Crippen LogP contribution is 2.30. The van der Waals surface area contributed by atoms with Crippen molar-refractivity contribution in [3.8, 4) is 0 Å². The summed E-state index contributed by atoms with van der Waals surface area (Å²) >= 11 is 6.07. The molecule has 1 aromatic carbocycles. The Morgan fingerprint density at radius 3 is 2.29 bits per heavy atom. The first-order valence-corrected chi connectivity index (χ1v) is 7.61. The molecule has 1 saturated carbocycles. The summed E-state index contributed by atoms with van der Waals surface area (Å²) in [4.78, 5) is 22.9. The number of hydrogen-bond acceptors (Lipinski definition) is 3. The summed E-state index contributed by atoms with van der Waals surface area (Å²) < 4.78 is 5.27. The van der Waals surface area contributed by atoms with E-state index in [9.17, 15) is 9.59 Å². The summed E-state index contributed by atoms with van der Waals surface area (Å²) in [5, 5.41) is 8.94. The van der Waals surface area contributed by atoms with E-state index in [1.165, 1.54) is 0 Å². The molecule has 0 saturated heterocycles. The lowest BCUT2D eigenvalue weighted by Crippen LogP contribution is -2.28. The summed E-state index contributed by atoms with van der Waals surface area (Å²) in [6, 6.07) is 9.60. The van der Waals surface area contributed by atoms with Crippen molar-refractivity contribution >= 4 is 23.5 Å². The van der Waals surface area contributed by atoms with Crippen LogP contribution >= 0.6 is 11.6 Å². The molecule has 0 spiro atoms. The van der Waals surface area contributed by atoms with Gasteiger partial charge in [0.2, 0.25) is 0 Å². The van der Waals surface area contributed by atoms with E-state index >= 15 is 0 Å². The Bertz CT molecular complexity index is 480. The van der Waals surface area contributed by atoms with Gasteiger partial charge in [-0.1, -0.05) is 41.9 Å². The van der Waals surface area contributed by atoms with Gasteiger partial charge in [0, 0.05) is 6.42 Å². The number of hydrogen-bond donors (Lipinski definition) is 1. The first-order valence-electron chi connectivity index (χ1n) is 7.17. The molecule has 1 atom stereocenters. The Balaban J connectivity index is 1.78. The van der Waals surface area contributed by atoms with Crippen LogP contribution in [0.3, 0.4) is 0 Å². The SMILES string of the molecule is O=C(O)C1CCC(C(=O)OC(Cl)Cc2ccccc2)CC1. The van der Waals surface area contributed by atoms with E-state index in [1.807, 2.05) is 30.3 Å². The number of carbonyl (C=O) groups is 2. The first kappa shape index (κ1) is 15.8. The minimum Gasteiger partial charge on any atom is -0.481 e. The van der Waals surface area contributed by atoms with Gasteiger partial charge < -0.3 is 9.84 Å². The third-order valence-electron chi connectivity index (χ3n) is 3.89. The molecule has 0 amide bonds. The van der Waals surface area contributed by atoms with E-state index in [4.69, 9.17) is 21.4 Å². The number of carbonyl (C=O) groups excluding carboxylic acids is 1. The van der Waals surface area contributed by atoms with Crippen molar-refractivity contribution in [2.24, 2.45) is 11.8 Å². The van der Waals surface area contributed by atoms with Gasteiger partial charge in [0.25, 0.3) is 0 Å². The lowest BCUT2D eigenvalue weighted by molar-refractivity contribution is -0.154. The molecule has 1 aliphatic rings. The molecule has 4 nitrogen and oxygen atoms in total. The third-order valence-corrected chi connectivity index (χ3v) is 4.14. The van der Waals surface area contributed by atoms with Crippen LogP contribution in [0, 0.1) is 11.8 Å². The van der Waals surface area contributed by atoms with Crippen molar-refractivity contribution in [3.63, 3.8) is 0 Å². The van der Waals surface area contributed by atoms with E-state index in [0.29, 0.717) is 32.1 Å².